The molecule has 2 amide bonds. The quantitative estimate of drug-likeness (QED) is 0.633. The highest BCUT2D eigenvalue weighted by atomic mass is 16.5. The Morgan fingerprint density at radius 3 is 2.80 bits per heavy atom. The van der Waals surface area contributed by atoms with Gasteiger partial charge in [0.05, 0.1) is 26.4 Å². The normalized spacial score (nSPS) is 19.2. The highest BCUT2D eigenvalue weighted by molar-refractivity contribution is 5.88. The largest absolute Gasteiger partial charge is 0.382 e. The fourth-order valence-corrected chi connectivity index (χ4v) is 1.88. The topological polar surface area (TPSA) is 77.1 Å². The van der Waals surface area contributed by atoms with Gasteiger partial charge >= 0.3 is 0 Å². The molecule has 1 atom stereocenters. The number of rotatable bonds is 7. The van der Waals surface area contributed by atoms with Crippen molar-refractivity contribution >= 4 is 11.8 Å². The van der Waals surface area contributed by atoms with Crippen LogP contribution in [0.4, 0.5) is 0 Å². The Bertz CT molecular complexity index is 322. The lowest BCUT2D eigenvalue weighted by atomic mass is 10.2. The lowest BCUT2D eigenvalue weighted by Gasteiger charge is -2.34. The molecule has 1 fully saturated rings. The molecule has 116 valence electrons. The Labute approximate surface area is 119 Å². The number of ether oxygens (including phenoxy) is 3. The minimum atomic E-state index is -0.579. The van der Waals surface area contributed by atoms with E-state index in [-0.39, 0.29) is 31.1 Å². The second kappa shape index (κ2) is 8.89. The molecule has 0 saturated carbocycles. The average molecular weight is 288 g/mol. The average Bonchev–Trinajstić information content (AvgIpc) is 2.42. The molecule has 1 heterocycles. The Kier molecular flexibility index (Phi) is 7.50. The van der Waals surface area contributed by atoms with E-state index < -0.39 is 6.04 Å². The summed E-state index contributed by atoms with van der Waals surface area (Å²) < 4.78 is 15.3. The van der Waals surface area contributed by atoms with Crippen molar-refractivity contribution in [2.24, 2.45) is 0 Å². The fourth-order valence-electron chi connectivity index (χ4n) is 1.88. The van der Waals surface area contributed by atoms with Crippen LogP contribution in [0.5, 0.6) is 0 Å². The Balaban J connectivity index is 2.50. The summed E-state index contributed by atoms with van der Waals surface area (Å²) >= 11 is 0. The van der Waals surface area contributed by atoms with E-state index in [1.807, 2.05) is 13.8 Å². The van der Waals surface area contributed by atoms with Gasteiger partial charge in [0.25, 0.3) is 0 Å². The van der Waals surface area contributed by atoms with Gasteiger partial charge in [-0.3, -0.25) is 9.59 Å². The minimum absolute atomic E-state index is 0.0272. The fraction of sp³-hybridized carbons (Fsp3) is 0.846. The molecule has 0 bridgehead atoms. The van der Waals surface area contributed by atoms with E-state index in [2.05, 4.69) is 5.32 Å². The maximum Gasteiger partial charge on any atom is 0.249 e. The number of carbonyl (C=O) groups is 2. The number of amides is 2. The van der Waals surface area contributed by atoms with E-state index in [0.29, 0.717) is 26.4 Å². The first-order chi connectivity index (χ1) is 9.56. The van der Waals surface area contributed by atoms with Gasteiger partial charge in [-0.25, -0.2) is 0 Å². The third kappa shape index (κ3) is 5.44. The zero-order chi connectivity index (χ0) is 15.0. The van der Waals surface area contributed by atoms with Crippen LogP contribution in [0.15, 0.2) is 0 Å². The van der Waals surface area contributed by atoms with Gasteiger partial charge in [-0.2, -0.15) is 0 Å². The molecule has 1 aliphatic heterocycles. The smallest absolute Gasteiger partial charge is 0.249 e. The van der Waals surface area contributed by atoms with Crippen molar-refractivity contribution in [3.05, 3.63) is 0 Å². The van der Waals surface area contributed by atoms with Gasteiger partial charge < -0.3 is 24.4 Å². The number of nitrogens with zero attached hydrogens (tertiary/aromatic N) is 1. The van der Waals surface area contributed by atoms with Crippen LogP contribution in [0, 0.1) is 0 Å². The Morgan fingerprint density at radius 2 is 2.15 bits per heavy atom. The van der Waals surface area contributed by atoms with Crippen LogP contribution in [0.2, 0.25) is 0 Å². The summed E-state index contributed by atoms with van der Waals surface area (Å²) in [5.41, 5.74) is 0. The summed E-state index contributed by atoms with van der Waals surface area (Å²) in [7, 11) is 1.57. The van der Waals surface area contributed by atoms with Crippen molar-refractivity contribution in [2.45, 2.75) is 25.9 Å². The minimum Gasteiger partial charge on any atom is -0.382 e. The van der Waals surface area contributed by atoms with Crippen molar-refractivity contribution in [3.8, 4) is 0 Å². The summed E-state index contributed by atoms with van der Waals surface area (Å²) in [5, 5.41) is 2.80. The zero-order valence-electron chi connectivity index (χ0n) is 12.4. The van der Waals surface area contributed by atoms with Gasteiger partial charge in [0.15, 0.2) is 0 Å². The molecule has 0 aromatic heterocycles. The molecule has 1 unspecified atom stereocenters. The standard InChI is InChI=1S/C13H24N2O5/c1-10(2)14-13(17)11-8-19-5-4-15(11)12(16)9-20-7-6-18-3/h10-11H,4-9H2,1-3H3,(H,14,17). The number of hydrogen-bond acceptors (Lipinski definition) is 5. The molecule has 1 rings (SSSR count). The molecule has 1 N–H and O–H groups in total. The van der Waals surface area contributed by atoms with Gasteiger partial charge in [-0.05, 0) is 13.8 Å². The first-order valence-electron chi connectivity index (χ1n) is 6.80. The van der Waals surface area contributed by atoms with Crippen LogP contribution in [0.25, 0.3) is 0 Å². The number of carbonyl (C=O) groups excluding carboxylic acids is 2. The molecule has 0 aliphatic carbocycles. The molecule has 1 saturated heterocycles. The van der Waals surface area contributed by atoms with Crippen molar-refractivity contribution in [3.63, 3.8) is 0 Å². The van der Waals surface area contributed by atoms with E-state index in [1.54, 1.807) is 7.11 Å². The van der Waals surface area contributed by atoms with Gasteiger partial charge in [0.2, 0.25) is 11.8 Å². The number of nitrogens with one attached hydrogen (secondary N) is 1. The molecule has 0 aromatic carbocycles. The monoisotopic (exact) mass is 288 g/mol. The third-order valence-electron chi connectivity index (χ3n) is 2.84. The number of hydrogen-bond donors (Lipinski definition) is 1. The predicted molar refractivity (Wildman–Crippen MR) is 72.3 cm³/mol. The predicted octanol–water partition coefficient (Wildman–Crippen LogP) is -0.599. The molecule has 1 aliphatic rings. The van der Waals surface area contributed by atoms with Crippen LogP contribution < -0.4 is 5.32 Å². The summed E-state index contributed by atoms with van der Waals surface area (Å²) in [4.78, 5) is 25.7. The van der Waals surface area contributed by atoms with E-state index in [9.17, 15) is 9.59 Å². The van der Waals surface area contributed by atoms with E-state index >= 15 is 0 Å². The van der Waals surface area contributed by atoms with Crippen LogP contribution in [0.1, 0.15) is 13.8 Å². The van der Waals surface area contributed by atoms with Crippen LogP contribution in [-0.4, -0.2) is 75.5 Å². The second-order valence-corrected chi connectivity index (χ2v) is 4.89. The van der Waals surface area contributed by atoms with E-state index in [4.69, 9.17) is 14.2 Å². The third-order valence-corrected chi connectivity index (χ3v) is 2.84. The summed E-state index contributed by atoms with van der Waals surface area (Å²) in [5.74, 6) is -0.391. The maximum atomic E-state index is 12.1. The van der Waals surface area contributed by atoms with Crippen molar-refractivity contribution in [1.29, 1.82) is 0 Å². The first-order valence-corrected chi connectivity index (χ1v) is 6.80. The molecule has 20 heavy (non-hydrogen) atoms. The first kappa shape index (κ1) is 16.9. The van der Waals surface area contributed by atoms with E-state index in [1.165, 1.54) is 4.90 Å². The van der Waals surface area contributed by atoms with E-state index in [0.717, 1.165) is 0 Å². The summed E-state index contributed by atoms with van der Waals surface area (Å²) in [6, 6.07) is -0.552. The maximum absolute atomic E-state index is 12.1. The number of methoxy groups -OCH3 is 1. The zero-order valence-corrected chi connectivity index (χ0v) is 12.4. The second-order valence-electron chi connectivity index (χ2n) is 4.89. The Hall–Kier alpha value is -1.18. The number of morpholine rings is 1. The SMILES string of the molecule is COCCOCC(=O)N1CCOCC1C(=O)NC(C)C. The molecule has 7 nitrogen and oxygen atoms in total. The van der Waals surface area contributed by atoms with Crippen molar-refractivity contribution < 1.29 is 23.8 Å². The lowest BCUT2D eigenvalue weighted by molar-refractivity contribution is -0.152. The molecule has 0 aromatic rings. The van der Waals surface area contributed by atoms with Gasteiger partial charge in [-0.1, -0.05) is 0 Å². The molecular weight excluding hydrogens is 264 g/mol. The lowest BCUT2D eigenvalue weighted by Crippen LogP contribution is -2.57. The molecular formula is C13H24N2O5. The molecule has 0 spiro atoms. The summed E-state index contributed by atoms with van der Waals surface area (Å²) in [6.45, 7) is 5.57. The van der Waals surface area contributed by atoms with Gasteiger partial charge in [-0.15, -0.1) is 0 Å². The Morgan fingerprint density at radius 1 is 1.40 bits per heavy atom. The van der Waals surface area contributed by atoms with Crippen LogP contribution >= 0.6 is 0 Å². The highest BCUT2D eigenvalue weighted by Crippen LogP contribution is 2.08. The van der Waals surface area contributed by atoms with Crippen molar-refractivity contribution in [1.82, 2.24) is 10.2 Å². The van der Waals surface area contributed by atoms with Gasteiger partial charge in [0, 0.05) is 19.7 Å². The van der Waals surface area contributed by atoms with Gasteiger partial charge in [0.1, 0.15) is 12.6 Å². The molecule has 0 radical (unpaired) electrons. The van der Waals surface area contributed by atoms with Crippen molar-refractivity contribution in [2.75, 3.05) is 46.7 Å². The van der Waals surface area contributed by atoms with Crippen LogP contribution in [0.3, 0.4) is 0 Å². The highest BCUT2D eigenvalue weighted by Gasteiger charge is 2.32. The summed E-state index contributed by atoms with van der Waals surface area (Å²) in [6.07, 6.45) is 0. The van der Waals surface area contributed by atoms with Crippen LogP contribution in [-0.2, 0) is 23.8 Å². The molecule has 7 heteroatoms.